The third kappa shape index (κ3) is 3.79. The van der Waals surface area contributed by atoms with Crippen molar-refractivity contribution in [3.8, 4) is 0 Å². The number of likely N-dealkylation sites (N-methyl/N-ethyl adjacent to an activating group) is 1. The standard InChI is InChI=1S/C16H29NO2/c1-12-8-13(2)14(15(18)9-12)10-17(3)11-16(19)6-4-5-7-16/h12-14,19H,4-11H2,1-3H3. The van der Waals surface area contributed by atoms with Crippen LogP contribution < -0.4 is 0 Å². The van der Waals surface area contributed by atoms with E-state index in [0.29, 0.717) is 17.6 Å². The van der Waals surface area contributed by atoms with Crippen LogP contribution in [0.4, 0.5) is 0 Å². The van der Waals surface area contributed by atoms with Gasteiger partial charge in [-0.3, -0.25) is 4.79 Å². The lowest BCUT2D eigenvalue weighted by atomic mass is 9.74. The molecule has 0 radical (unpaired) electrons. The van der Waals surface area contributed by atoms with Gasteiger partial charge in [0.05, 0.1) is 5.60 Å². The topological polar surface area (TPSA) is 40.5 Å². The van der Waals surface area contributed by atoms with Gasteiger partial charge in [-0.1, -0.05) is 26.7 Å². The van der Waals surface area contributed by atoms with Gasteiger partial charge in [-0.25, -0.2) is 0 Å². The first-order chi connectivity index (χ1) is 8.89. The summed E-state index contributed by atoms with van der Waals surface area (Å²) in [6.07, 6.45) is 6.02. The van der Waals surface area contributed by atoms with Gasteiger partial charge in [0.25, 0.3) is 0 Å². The summed E-state index contributed by atoms with van der Waals surface area (Å²) in [5.41, 5.74) is -0.497. The molecule has 2 aliphatic carbocycles. The van der Waals surface area contributed by atoms with Crippen LogP contribution >= 0.6 is 0 Å². The number of hydrogen-bond acceptors (Lipinski definition) is 3. The number of aliphatic hydroxyl groups is 1. The van der Waals surface area contributed by atoms with Gasteiger partial charge in [-0.2, -0.15) is 0 Å². The van der Waals surface area contributed by atoms with E-state index in [1.54, 1.807) is 0 Å². The number of Topliss-reactive ketones (excluding diaryl/α,β-unsaturated/α-hetero) is 1. The molecule has 0 saturated heterocycles. The summed E-state index contributed by atoms with van der Waals surface area (Å²) in [6, 6.07) is 0. The van der Waals surface area contributed by atoms with Gasteiger partial charge in [0.15, 0.2) is 0 Å². The number of hydrogen-bond donors (Lipinski definition) is 1. The van der Waals surface area contributed by atoms with Crippen molar-refractivity contribution < 1.29 is 9.90 Å². The average molecular weight is 267 g/mol. The third-order valence-electron chi connectivity index (χ3n) is 5.03. The fourth-order valence-electron chi connectivity index (χ4n) is 4.07. The third-order valence-corrected chi connectivity index (χ3v) is 5.03. The maximum absolute atomic E-state index is 12.2. The van der Waals surface area contributed by atoms with Crippen molar-refractivity contribution >= 4 is 5.78 Å². The molecule has 2 fully saturated rings. The molecule has 2 saturated carbocycles. The lowest BCUT2D eigenvalue weighted by Gasteiger charge is -2.36. The van der Waals surface area contributed by atoms with Crippen molar-refractivity contribution in [1.29, 1.82) is 0 Å². The van der Waals surface area contributed by atoms with Crippen molar-refractivity contribution in [2.24, 2.45) is 17.8 Å². The highest BCUT2D eigenvalue weighted by Gasteiger charge is 2.36. The van der Waals surface area contributed by atoms with Gasteiger partial charge in [-0.05, 0) is 38.1 Å². The molecule has 0 aromatic heterocycles. The van der Waals surface area contributed by atoms with E-state index in [2.05, 4.69) is 18.7 Å². The van der Waals surface area contributed by atoms with Crippen LogP contribution in [-0.4, -0.2) is 41.5 Å². The Kier molecular flexibility index (Phi) is 4.67. The Morgan fingerprint density at radius 1 is 1.32 bits per heavy atom. The Hall–Kier alpha value is -0.410. The van der Waals surface area contributed by atoms with E-state index >= 15 is 0 Å². The second-order valence-corrected chi connectivity index (χ2v) is 7.22. The maximum atomic E-state index is 12.2. The average Bonchev–Trinajstić information content (AvgIpc) is 2.70. The van der Waals surface area contributed by atoms with Gasteiger partial charge >= 0.3 is 0 Å². The van der Waals surface area contributed by atoms with Crippen molar-refractivity contribution in [2.45, 2.75) is 58.0 Å². The molecule has 0 aromatic rings. The Morgan fingerprint density at radius 3 is 2.53 bits per heavy atom. The summed E-state index contributed by atoms with van der Waals surface area (Å²) in [5, 5.41) is 10.4. The van der Waals surface area contributed by atoms with Gasteiger partial charge in [0, 0.05) is 25.4 Å². The van der Waals surface area contributed by atoms with Crippen LogP contribution in [0, 0.1) is 17.8 Å². The molecule has 3 heteroatoms. The van der Waals surface area contributed by atoms with Crippen molar-refractivity contribution in [2.75, 3.05) is 20.1 Å². The summed E-state index contributed by atoms with van der Waals surface area (Å²) >= 11 is 0. The molecule has 3 atom stereocenters. The van der Waals surface area contributed by atoms with Crippen LogP contribution in [0.1, 0.15) is 52.4 Å². The van der Waals surface area contributed by atoms with E-state index in [4.69, 9.17) is 0 Å². The number of ketones is 1. The zero-order chi connectivity index (χ0) is 14.0. The highest BCUT2D eigenvalue weighted by atomic mass is 16.3. The molecule has 19 heavy (non-hydrogen) atoms. The minimum Gasteiger partial charge on any atom is -0.389 e. The van der Waals surface area contributed by atoms with Crippen LogP contribution in [0.5, 0.6) is 0 Å². The van der Waals surface area contributed by atoms with Crippen LogP contribution in [-0.2, 0) is 4.79 Å². The molecule has 3 nitrogen and oxygen atoms in total. The predicted octanol–water partition coefficient (Wildman–Crippen LogP) is 2.47. The molecule has 0 bridgehead atoms. The number of carbonyl (C=O) groups is 1. The summed E-state index contributed by atoms with van der Waals surface area (Å²) in [7, 11) is 2.05. The van der Waals surface area contributed by atoms with Crippen LogP contribution in [0.25, 0.3) is 0 Å². The largest absolute Gasteiger partial charge is 0.389 e. The summed E-state index contributed by atoms with van der Waals surface area (Å²) in [5.74, 6) is 1.63. The highest BCUT2D eigenvalue weighted by molar-refractivity contribution is 5.82. The number of carbonyl (C=O) groups excluding carboxylic acids is 1. The lowest BCUT2D eigenvalue weighted by molar-refractivity contribution is -0.129. The number of nitrogens with zero attached hydrogens (tertiary/aromatic N) is 1. The van der Waals surface area contributed by atoms with Crippen molar-refractivity contribution in [3.05, 3.63) is 0 Å². The second-order valence-electron chi connectivity index (χ2n) is 7.22. The van der Waals surface area contributed by atoms with Crippen LogP contribution in [0.3, 0.4) is 0 Å². The zero-order valence-corrected chi connectivity index (χ0v) is 12.7. The fourth-order valence-corrected chi connectivity index (χ4v) is 4.07. The zero-order valence-electron chi connectivity index (χ0n) is 12.7. The molecule has 110 valence electrons. The quantitative estimate of drug-likeness (QED) is 0.850. The summed E-state index contributed by atoms with van der Waals surface area (Å²) in [4.78, 5) is 14.4. The minimum atomic E-state index is -0.497. The van der Waals surface area contributed by atoms with E-state index in [9.17, 15) is 9.90 Å². The summed E-state index contributed by atoms with van der Waals surface area (Å²) in [6.45, 7) is 5.92. The monoisotopic (exact) mass is 267 g/mol. The van der Waals surface area contributed by atoms with E-state index in [1.165, 1.54) is 0 Å². The van der Waals surface area contributed by atoms with Crippen molar-refractivity contribution in [3.63, 3.8) is 0 Å². The molecule has 0 aliphatic heterocycles. The first-order valence-corrected chi connectivity index (χ1v) is 7.83. The van der Waals surface area contributed by atoms with Gasteiger partial charge in [0.2, 0.25) is 0 Å². The molecule has 3 unspecified atom stereocenters. The Labute approximate surface area is 117 Å². The van der Waals surface area contributed by atoms with E-state index in [-0.39, 0.29) is 5.92 Å². The molecular weight excluding hydrogens is 238 g/mol. The van der Waals surface area contributed by atoms with Crippen LogP contribution in [0.2, 0.25) is 0 Å². The Morgan fingerprint density at radius 2 is 1.95 bits per heavy atom. The second kappa shape index (κ2) is 5.92. The first-order valence-electron chi connectivity index (χ1n) is 7.83. The van der Waals surface area contributed by atoms with Gasteiger partial charge in [0.1, 0.15) is 5.78 Å². The van der Waals surface area contributed by atoms with E-state index in [0.717, 1.165) is 51.6 Å². The maximum Gasteiger partial charge on any atom is 0.137 e. The molecule has 1 N–H and O–H groups in total. The molecule has 0 aromatic carbocycles. The Bertz CT molecular complexity index is 323. The molecular formula is C16H29NO2. The molecule has 2 aliphatic rings. The SMILES string of the molecule is CC1CC(=O)C(CN(C)CC2(O)CCCC2)C(C)C1. The molecule has 2 rings (SSSR count). The van der Waals surface area contributed by atoms with Crippen molar-refractivity contribution in [1.82, 2.24) is 4.90 Å². The first kappa shape index (κ1) is 15.0. The molecule has 0 spiro atoms. The van der Waals surface area contributed by atoms with Crippen LogP contribution in [0.15, 0.2) is 0 Å². The smallest absolute Gasteiger partial charge is 0.137 e. The highest BCUT2D eigenvalue weighted by Crippen LogP contribution is 2.33. The molecule has 0 heterocycles. The normalized spacial score (nSPS) is 35.0. The molecule has 0 amide bonds. The Balaban J connectivity index is 1.87. The van der Waals surface area contributed by atoms with E-state index in [1.807, 2.05) is 7.05 Å². The lowest BCUT2D eigenvalue weighted by Crippen LogP contribution is -2.44. The fraction of sp³-hybridized carbons (Fsp3) is 0.938. The predicted molar refractivity (Wildman–Crippen MR) is 77.0 cm³/mol. The summed E-state index contributed by atoms with van der Waals surface area (Å²) < 4.78 is 0. The van der Waals surface area contributed by atoms with E-state index < -0.39 is 5.60 Å². The van der Waals surface area contributed by atoms with Gasteiger partial charge < -0.3 is 10.0 Å². The van der Waals surface area contributed by atoms with Gasteiger partial charge in [-0.15, -0.1) is 0 Å². The number of rotatable bonds is 4. The minimum absolute atomic E-state index is 0.172.